The summed E-state index contributed by atoms with van der Waals surface area (Å²) in [5, 5.41) is 7.27. The van der Waals surface area contributed by atoms with Crippen LogP contribution in [0.4, 0.5) is 0 Å². The molecule has 3 N–H and O–H groups in total. The predicted octanol–water partition coefficient (Wildman–Crippen LogP) is 0.650. The lowest BCUT2D eigenvalue weighted by Crippen LogP contribution is -2.52. The van der Waals surface area contributed by atoms with Crippen molar-refractivity contribution in [2.75, 3.05) is 32.7 Å². The van der Waals surface area contributed by atoms with Crippen molar-refractivity contribution >= 4 is 11.9 Å². The number of furan rings is 1. The monoisotopic (exact) mass is 360 g/mol. The molecular weight excluding hydrogens is 336 g/mol. The number of amides is 1. The van der Waals surface area contributed by atoms with Crippen molar-refractivity contribution in [3.05, 3.63) is 41.7 Å². The Kier molecular flexibility index (Phi) is 5.90. The van der Waals surface area contributed by atoms with E-state index < -0.39 is 5.91 Å². The van der Waals surface area contributed by atoms with Crippen molar-refractivity contribution in [3.63, 3.8) is 0 Å². The first-order chi connectivity index (χ1) is 12.7. The Labute approximate surface area is 151 Å². The van der Waals surface area contributed by atoms with Crippen LogP contribution in [0.3, 0.4) is 0 Å². The molecule has 1 saturated heterocycles. The van der Waals surface area contributed by atoms with Gasteiger partial charge in [-0.25, -0.2) is 4.99 Å². The zero-order chi connectivity index (χ0) is 18.4. The van der Waals surface area contributed by atoms with Gasteiger partial charge in [0.15, 0.2) is 11.7 Å². The van der Waals surface area contributed by atoms with E-state index in [0.29, 0.717) is 12.3 Å². The van der Waals surface area contributed by atoms with E-state index >= 15 is 0 Å². The van der Waals surface area contributed by atoms with Gasteiger partial charge in [-0.1, -0.05) is 5.16 Å². The van der Waals surface area contributed by atoms with E-state index in [1.54, 1.807) is 18.4 Å². The summed E-state index contributed by atoms with van der Waals surface area (Å²) < 4.78 is 10.3. The standard InChI is InChI=1S/C17H24N6O3/c1-2-19-17(20-11-14-3-4-15(26-14)16(18)24)23-8-6-22(7-9-23)12-13-5-10-25-21-13/h3-5,10H,2,6-9,11-12H2,1H3,(H2,18,24)(H,19,20). The van der Waals surface area contributed by atoms with E-state index in [2.05, 4.69) is 25.3 Å². The average Bonchev–Trinajstić information content (AvgIpc) is 3.31. The van der Waals surface area contributed by atoms with Gasteiger partial charge in [0.2, 0.25) is 0 Å². The second-order valence-corrected chi connectivity index (χ2v) is 6.05. The average molecular weight is 360 g/mol. The van der Waals surface area contributed by atoms with Crippen LogP contribution in [-0.2, 0) is 13.1 Å². The van der Waals surface area contributed by atoms with Crippen LogP contribution in [0.5, 0.6) is 0 Å². The van der Waals surface area contributed by atoms with Crippen molar-refractivity contribution in [1.29, 1.82) is 0 Å². The molecule has 0 unspecified atom stereocenters. The fourth-order valence-electron chi connectivity index (χ4n) is 2.84. The lowest BCUT2D eigenvalue weighted by atomic mass is 10.3. The number of piperazine rings is 1. The molecule has 1 amide bonds. The number of hydrogen-bond donors (Lipinski definition) is 2. The van der Waals surface area contributed by atoms with Gasteiger partial charge in [-0.15, -0.1) is 0 Å². The normalized spacial score (nSPS) is 16.0. The highest BCUT2D eigenvalue weighted by Crippen LogP contribution is 2.10. The molecule has 3 rings (SSSR count). The molecule has 1 aliphatic rings. The summed E-state index contributed by atoms with van der Waals surface area (Å²) >= 11 is 0. The van der Waals surface area contributed by atoms with Gasteiger partial charge in [0.05, 0.1) is 5.69 Å². The molecule has 0 atom stereocenters. The Bertz CT molecular complexity index is 732. The summed E-state index contributed by atoms with van der Waals surface area (Å²) in [6, 6.07) is 5.19. The molecule has 0 spiro atoms. The summed E-state index contributed by atoms with van der Waals surface area (Å²) in [4.78, 5) is 20.3. The van der Waals surface area contributed by atoms with Crippen molar-refractivity contribution in [3.8, 4) is 0 Å². The molecule has 0 aliphatic carbocycles. The van der Waals surface area contributed by atoms with Crippen molar-refractivity contribution in [2.45, 2.75) is 20.0 Å². The van der Waals surface area contributed by atoms with Gasteiger partial charge in [0.25, 0.3) is 5.91 Å². The third-order valence-corrected chi connectivity index (χ3v) is 4.17. The molecule has 1 fully saturated rings. The van der Waals surface area contributed by atoms with Gasteiger partial charge in [0.1, 0.15) is 18.6 Å². The van der Waals surface area contributed by atoms with Crippen LogP contribution in [0.1, 0.15) is 28.9 Å². The van der Waals surface area contributed by atoms with Gasteiger partial charge < -0.3 is 24.9 Å². The highest BCUT2D eigenvalue weighted by molar-refractivity contribution is 5.89. The van der Waals surface area contributed by atoms with E-state index in [9.17, 15) is 4.79 Å². The van der Waals surface area contributed by atoms with Gasteiger partial charge in [-0.2, -0.15) is 0 Å². The number of nitrogens with one attached hydrogen (secondary N) is 1. The van der Waals surface area contributed by atoms with Crippen LogP contribution in [-0.4, -0.2) is 59.5 Å². The van der Waals surface area contributed by atoms with Crippen LogP contribution in [0.25, 0.3) is 0 Å². The molecule has 1 aliphatic heterocycles. The fraction of sp³-hybridized carbons (Fsp3) is 0.471. The Morgan fingerprint density at radius 1 is 1.31 bits per heavy atom. The number of aliphatic imine (C=N–C) groups is 1. The number of nitrogens with zero attached hydrogens (tertiary/aromatic N) is 4. The molecule has 0 bridgehead atoms. The highest BCUT2D eigenvalue weighted by atomic mass is 16.5. The topological polar surface area (TPSA) is 113 Å². The molecule has 2 aromatic rings. The number of carbonyl (C=O) groups is 1. The van der Waals surface area contributed by atoms with Gasteiger partial charge in [0, 0.05) is 45.3 Å². The minimum Gasteiger partial charge on any atom is -0.454 e. The zero-order valence-corrected chi connectivity index (χ0v) is 14.9. The first kappa shape index (κ1) is 18.0. The van der Waals surface area contributed by atoms with Crippen molar-refractivity contribution < 1.29 is 13.7 Å². The maximum atomic E-state index is 11.1. The molecule has 9 nitrogen and oxygen atoms in total. The van der Waals surface area contributed by atoms with E-state index in [4.69, 9.17) is 14.7 Å². The van der Waals surface area contributed by atoms with Crippen molar-refractivity contribution in [2.24, 2.45) is 10.7 Å². The molecule has 2 aromatic heterocycles. The third-order valence-electron chi connectivity index (χ3n) is 4.17. The lowest BCUT2D eigenvalue weighted by molar-refractivity contribution is 0.0972. The molecule has 0 aromatic carbocycles. The van der Waals surface area contributed by atoms with E-state index in [-0.39, 0.29) is 5.76 Å². The summed E-state index contributed by atoms with van der Waals surface area (Å²) in [5.74, 6) is 1.03. The Hall–Kier alpha value is -2.81. The van der Waals surface area contributed by atoms with Gasteiger partial charge in [-0.3, -0.25) is 9.69 Å². The van der Waals surface area contributed by atoms with Crippen LogP contribution < -0.4 is 11.1 Å². The quantitative estimate of drug-likeness (QED) is 0.574. The molecular formula is C17H24N6O3. The summed E-state index contributed by atoms with van der Waals surface area (Å²) in [6.45, 7) is 7.54. The van der Waals surface area contributed by atoms with Crippen LogP contribution in [0, 0.1) is 0 Å². The predicted molar refractivity (Wildman–Crippen MR) is 95.4 cm³/mol. The van der Waals surface area contributed by atoms with Crippen LogP contribution >= 0.6 is 0 Å². The lowest BCUT2D eigenvalue weighted by Gasteiger charge is -2.36. The minimum atomic E-state index is -0.574. The summed E-state index contributed by atoms with van der Waals surface area (Å²) in [6.07, 6.45) is 1.60. The Morgan fingerprint density at radius 2 is 2.12 bits per heavy atom. The third kappa shape index (κ3) is 4.63. The molecule has 140 valence electrons. The number of nitrogens with two attached hydrogens (primary N) is 1. The number of aromatic nitrogens is 1. The molecule has 9 heteroatoms. The molecule has 26 heavy (non-hydrogen) atoms. The Morgan fingerprint density at radius 3 is 2.73 bits per heavy atom. The number of hydrogen-bond acceptors (Lipinski definition) is 6. The fourth-order valence-corrected chi connectivity index (χ4v) is 2.84. The van der Waals surface area contributed by atoms with E-state index in [0.717, 1.165) is 50.9 Å². The SMILES string of the molecule is CCNC(=NCc1ccc(C(N)=O)o1)N1CCN(Cc2ccon2)CC1. The smallest absolute Gasteiger partial charge is 0.284 e. The number of rotatable bonds is 6. The van der Waals surface area contributed by atoms with Crippen molar-refractivity contribution in [1.82, 2.24) is 20.3 Å². The molecule has 0 radical (unpaired) electrons. The minimum absolute atomic E-state index is 0.154. The molecule has 0 saturated carbocycles. The van der Waals surface area contributed by atoms with Gasteiger partial charge in [-0.05, 0) is 19.1 Å². The second kappa shape index (κ2) is 8.52. The second-order valence-electron chi connectivity index (χ2n) is 6.05. The van der Waals surface area contributed by atoms with Crippen LogP contribution in [0.2, 0.25) is 0 Å². The maximum absolute atomic E-state index is 11.1. The maximum Gasteiger partial charge on any atom is 0.284 e. The largest absolute Gasteiger partial charge is 0.454 e. The van der Waals surface area contributed by atoms with Crippen LogP contribution in [0.15, 0.2) is 38.4 Å². The number of primary amides is 1. The van der Waals surface area contributed by atoms with E-state index in [1.807, 2.05) is 13.0 Å². The summed E-state index contributed by atoms with van der Waals surface area (Å²) in [7, 11) is 0. The highest BCUT2D eigenvalue weighted by Gasteiger charge is 2.20. The Balaban J connectivity index is 1.56. The molecule has 3 heterocycles. The first-order valence-electron chi connectivity index (χ1n) is 8.69. The number of carbonyl (C=O) groups excluding carboxylic acids is 1. The summed E-state index contributed by atoms with van der Waals surface area (Å²) in [5.41, 5.74) is 6.15. The first-order valence-corrected chi connectivity index (χ1v) is 8.69. The number of guanidine groups is 1. The van der Waals surface area contributed by atoms with E-state index in [1.165, 1.54) is 0 Å². The van der Waals surface area contributed by atoms with Gasteiger partial charge >= 0.3 is 0 Å². The zero-order valence-electron chi connectivity index (χ0n) is 14.9.